The fourth-order valence-corrected chi connectivity index (χ4v) is 2.09. The number of amides is 1. The first-order chi connectivity index (χ1) is 8.08. The van der Waals surface area contributed by atoms with E-state index in [9.17, 15) is 4.79 Å². The molecule has 2 heterocycles. The van der Waals surface area contributed by atoms with Crippen molar-refractivity contribution in [2.75, 3.05) is 5.32 Å². The minimum Gasteiger partial charge on any atom is -0.300 e. The van der Waals surface area contributed by atoms with Crippen LogP contribution in [0.3, 0.4) is 0 Å². The average molecular weight is 251 g/mol. The SMILES string of the molecule is Cc1nc(NC(=O)C(C)n2cncn2)sc1C. The Morgan fingerprint density at radius 2 is 2.29 bits per heavy atom. The normalized spacial score (nSPS) is 12.4. The number of anilines is 1. The second kappa shape index (κ2) is 4.62. The molecule has 17 heavy (non-hydrogen) atoms. The van der Waals surface area contributed by atoms with Crippen LogP contribution in [0.1, 0.15) is 23.5 Å². The predicted octanol–water partition coefficient (Wildman–Crippen LogP) is 1.55. The third-order valence-corrected chi connectivity index (χ3v) is 3.46. The number of carbonyl (C=O) groups is 1. The Morgan fingerprint density at radius 1 is 1.53 bits per heavy atom. The lowest BCUT2D eigenvalue weighted by Gasteiger charge is -2.09. The lowest BCUT2D eigenvalue weighted by atomic mass is 10.3. The van der Waals surface area contributed by atoms with E-state index in [0.717, 1.165) is 10.6 Å². The summed E-state index contributed by atoms with van der Waals surface area (Å²) < 4.78 is 1.50. The summed E-state index contributed by atoms with van der Waals surface area (Å²) in [6, 6.07) is -0.401. The molecule has 2 aromatic heterocycles. The molecule has 90 valence electrons. The largest absolute Gasteiger partial charge is 0.300 e. The predicted molar refractivity (Wildman–Crippen MR) is 65.0 cm³/mol. The molecule has 0 saturated heterocycles. The van der Waals surface area contributed by atoms with E-state index in [1.165, 1.54) is 28.7 Å². The number of hydrogen-bond donors (Lipinski definition) is 1. The summed E-state index contributed by atoms with van der Waals surface area (Å²) >= 11 is 1.47. The van der Waals surface area contributed by atoms with Crippen LogP contribution in [0, 0.1) is 13.8 Å². The fourth-order valence-electron chi connectivity index (χ4n) is 1.27. The van der Waals surface area contributed by atoms with E-state index in [-0.39, 0.29) is 5.91 Å². The summed E-state index contributed by atoms with van der Waals surface area (Å²) in [5.74, 6) is -0.149. The second-order valence-corrected chi connectivity index (χ2v) is 4.90. The Bertz CT molecular complexity index is 499. The van der Waals surface area contributed by atoms with Gasteiger partial charge in [0.05, 0.1) is 5.69 Å². The van der Waals surface area contributed by atoms with Crippen molar-refractivity contribution >= 4 is 22.4 Å². The Kier molecular flexibility index (Phi) is 3.19. The first-order valence-corrected chi connectivity index (χ1v) is 5.98. The van der Waals surface area contributed by atoms with E-state index in [4.69, 9.17) is 0 Å². The maximum absolute atomic E-state index is 11.9. The van der Waals surface area contributed by atoms with Gasteiger partial charge in [-0.1, -0.05) is 0 Å². The molecule has 2 aromatic rings. The van der Waals surface area contributed by atoms with Crippen molar-refractivity contribution in [1.29, 1.82) is 0 Å². The third-order valence-electron chi connectivity index (χ3n) is 2.47. The van der Waals surface area contributed by atoms with Crippen molar-refractivity contribution < 1.29 is 4.79 Å². The Labute approximate surface area is 103 Å². The van der Waals surface area contributed by atoms with Crippen LogP contribution < -0.4 is 5.32 Å². The van der Waals surface area contributed by atoms with Gasteiger partial charge in [-0.15, -0.1) is 11.3 Å². The summed E-state index contributed by atoms with van der Waals surface area (Å²) in [5, 5.41) is 7.32. The van der Waals surface area contributed by atoms with Gasteiger partial charge in [0.1, 0.15) is 18.7 Å². The molecule has 0 radical (unpaired) electrons. The lowest BCUT2D eigenvalue weighted by Crippen LogP contribution is -2.23. The zero-order chi connectivity index (χ0) is 12.4. The maximum Gasteiger partial charge on any atom is 0.250 e. The highest BCUT2D eigenvalue weighted by molar-refractivity contribution is 7.15. The molecule has 2 rings (SSSR count). The van der Waals surface area contributed by atoms with E-state index in [1.54, 1.807) is 6.92 Å². The van der Waals surface area contributed by atoms with Gasteiger partial charge in [0.2, 0.25) is 0 Å². The smallest absolute Gasteiger partial charge is 0.250 e. The van der Waals surface area contributed by atoms with E-state index in [2.05, 4.69) is 20.4 Å². The number of aromatic nitrogens is 4. The molecule has 0 aliphatic carbocycles. The highest BCUT2D eigenvalue weighted by atomic mass is 32.1. The molecule has 7 heteroatoms. The molecule has 0 aliphatic rings. The monoisotopic (exact) mass is 251 g/mol. The van der Waals surface area contributed by atoms with Gasteiger partial charge in [-0.2, -0.15) is 5.10 Å². The van der Waals surface area contributed by atoms with Gasteiger partial charge in [0, 0.05) is 4.88 Å². The number of hydrogen-bond acceptors (Lipinski definition) is 5. The number of nitrogens with zero attached hydrogens (tertiary/aromatic N) is 4. The molecule has 0 bridgehead atoms. The van der Waals surface area contributed by atoms with Gasteiger partial charge in [-0.3, -0.25) is 4.79 Å². The number of thiazole rings is 1. The molecule has 0 fully saturated rings. The van der Waals surface area contributed by atoms with Crippen molar-refractivity contribution in [3.8, 4) is 0 Å². The maximum atomic E-state index is 11.9. The summed E-state index contributed by atoms with van der Waals surface area (Å²) in [7, 11) is 0. The number of nitrogens with one attached hydrogen (secondary N) is 1. The first kappa shape index (κ1) is 11.7. The molecule has 6 nitrogen and oxygen atoms in total. The van der Waals surface area contributed by atoms with Crippen molar-refractivity contribution in [2.45, 2.75) is 26.8 Å². The van der Waals surface area contributed by atoms with Gasteiger partial charge in [-0.25, -0.2) is 14.6 Å². The van der Waals surface area contributed by atoms with Crippen molar-refractivity contribution in [1.82, 2.24) is 19.7 Å². The van der Waals surface area contributed by atoms with Crippen LogP contribution in [0.5, 0.6) is 0 Å². The van der Waals surface area contributed by atoms with Gasteiger partial charge in [-0.05, 0) is 20.8 Å². The van der Waals surface area contributed by atoms with E-state index < -0.39 is 6.04 Å². The van der Waals surface area contributed by atoms with Gasteiger partial charge < -0.3 is 5.32 Å². The third kappa shape index (κ3) is 2.50. The molecule has 1 N–H and O–H groups in total. The van der Waals surface area contributed by atoms with Crippen LogP contribution in [0.2, 0.25) is 0 Å². The van der Waals surface area contributed by atoms with Crippen molar-refractivity contribution in [2.24, 2.45) is 0 Å². The number of aryl methyl sites for hydroxylation is 2. The quantitative estimate of drug-likeness (QED) is 0.898. The number of carbonyl (C=O) groups excluding carboxylic acids is 1. The molecule has 0 spiro atoms. The topological polar surface area (TPSA) is 72.7 Å². The van der Waals surface area contributed by atoms with Crippen LogP contribution in [0.15, 0.2) is 12.7 Å². The van der Waals surface area contributed by atoms with E-state index >= 15 is 0 Å². The summed E-state index contributed by atoms with van der Waals surface area (Å²) in [6.07, 6.45) is 2.92. The second-order valence-electron chi connectivity index (χ2n) is 3.70. The zero-order valence-corrected chi connectivity index (χ0v) is 10.7. The van der Waals surface area contributed by atoms with Crippen LogP contribution in [-0.2, 0) is 4.79 Å². The summed E-state index contributed by atoms with van der Waals surface area (Å²) in [6.45, 7) is 5.66. The van der Waals surface area contributed by atoms with Crippen LogP contribution in [-0.4, -0.2) is 25.7 Å². The molecule has 1 amide bonds. The summed E-state index contributed by atoms with van der Waals surface area (Å²) in [5.41, 5.74) is 0.943. The van der Waals surface area contributed by atoms with E-state index in [1.807, 2.05) is 13.8 Å². The lowest BCUT2D eigenvalue weighted by molar-refractivity contribution is -0.119. The minimum absolute atomic E-state index is 0.149. The van der Waals surface area contributed by atoms with Crippen molar-refractivity contribution in [3.63, 3.8) is 0 Å². The Hall–Kier alpha value is -1.76. The zero-order valence-electron chi connectivity index (χ0n) is 9.84. The summed E-state index contributed by atoms with van der Waals surface area (Å²) in [4.78, 5) is 21.1. The average Bonchev–Trinajstić information content (AvgIpc) is 2.89. The molecule has 1 atom stereocenters. The molecule has 0 saturated carbocycles. The van der Waals surface area contributed by atoms with Gasteiger partial charge in [0.25, 0.3) is 5.91 Å². The fraction of sp³-hybridized carbons (Fsp3) is 0.400. The standard InChI is InChI=1S/C10H13N5OS/c1-6-8(3)17-10(13-6)14-9(16)7(2)15-5-11-4-12-15/h4-5,7H,1-3H3,(H,13,14,16). The van der Waals surface area contributed by atoms with Gasteiger partial charge in [0.15, 0.2) is 5.13 Å². The molecule has 0 aliphatic heterocycles. The van der Waals surface area contributed by atoms with Crippen LogP contribution >= 0.6 is 11.3 Å². The molecule has 0 aromatic carbocycles. The highest BCUT2D eigenvalue weighted by Gasteiger charge is 2.17. The van der Waals surface area contributed by atoms with Gasteiger partial charge >= 0.3 is 0 Å². The first-order valence-electron chi connectivity index (χ1n) is 5.17. The molecular formula is C10H13N5OS. The van der Waals surface area contributed by atoms with Crippen LogP contribution in [0.4, 0.5) is 5.13 Å². The van der Waals surface area contributed by atoms with Crippen molar-refractivity contribution in [3.05, 3.63) is 23.2 Å². The van der Waals surface area contributed by atoms with E-state index in [0.29, 0.717) is 5.13 Å². The minimum atomic E-state index is -0.401. The highest BCUT2D eigenvalue weighted by Crippen LogP contribution is 2.21. The molecular weight excluding hydrogens is 238 g/mol. The van der Waals surface area contributed by atoms with Crippen LogP contribution in [0.25, 0.3) is 0 Å². The Balaban J connectivity index is 2.07. The Morgan fingerprint density at radius 3 is 2.82 bits per heavy atom. The molecule has 1 unspecified atom stereocenters. The number of rotatable bonds is 3.